The molecule has 4 aromatic rings. The topological polar surface area (TPSA) is 122 Å². The van der Waals surface area contributed by atoms with E-state index in [2.05, 4.69) is 36.0 Å². The van der Waals surface area contributed by atoms with Gasteiger partial charge in [0.15, 0.2) is 12.1 Å². The minimum absolute atomic E-state index is 0.128. The molecule has 0 bridgehead atoms. The van der Waals surface area contributed by atoms with Gasteiger partial charge in [0, 0.05) is 67.6 Å². The van der Waals surface area contributed by atoms with E-state index in [0.717, 1.165) is 79.4 Å². The Bertz CT molecular complexity index is 1820. The minimum Gasteiger partial charge on any atom is -0.356 e. The number of aromatic nitrogens is 4. The number of likely N-dealkylation sites (tertiary alicyclic amines) is 1. The minimum atomic E-state index is -3.39. The first kappa shape index (κ1) is 31.7. The highest BCUT2D eigenvalue weighted by Gasteiger charge is 2.56. The Morgan fingerprint density at radius 2 is 1.79 bits per heavy atom. The average Bonchev–Trinajstić information content (AvgIpc) is 3.58. The van der Waals surface area contributed by atoms with Gasteiger partial charge in [0.05, 0.1) is 25.1 Å². The van der Waals surface area contributed by atoms with Crippen molar-refractivity contribution in [1.82, 2.24) is 24.6 Å². The molecule has 4 atom stereocenters. The van der Waals surface area contributed by atoms with Crippen LogP contribution in [0.3, 0.4) is 0 Å². The fourth-order valence-corrected chi connectivity index (χ4v) is 7.82. The molecule has 0 amide bonds. The van der Waals surface area contributed by atoms with Crippen molar-refractivity contribution >= 4 is 10.1 Å². The molecule has 2 aliphatic heterocycles. The van der Waals surface area contributed by atoms with Crippen LogP contribution in [0.5, 0.6) is 0 Å². The summed E-state index contributed by atoms with van der Waals surface area (Å²) in [5.41, 5.74) is 4.43. The van der Waals surface area contributed by atoms with E-state index < -0.39 is 10.1 Å². The second kappa shape index (κ2) is 13.7. The third-order valence-electron chi connectivity index (χ3n) is 9.32. The number of benzene rings is 1. The highest BCUT2D eigenvalue weighted by Crippen LogP contribution is 2.52. The maximum absolute atomic E-state index is 11.7. The Labute approximate surface area is 275 Å². The predicted molar refractivity (Wildman–Crippen MR) is 173 cm³/mol. The maximum atomic E-state index is 11.7. The molecule has 11 nitrogen and oxygen atoms in total. The molecule has 0 N–H and O–H groups in total. The summed E-state index contributed by atoms with van der Waals surface area (Å²) in [4.78, 5) is 11.5. The number of piperidine rings is 1. The molecule has 5 heterocycles. The number of rotatable bonds is 11. The van der Waals surface area contributed by atoms with Crippen LogP contribution in [0.1, 0.15) is 60.6 Å². The summed E-state index contributed by atoms with van der Waals surface area (Å²) in [7, 11) is -2.16. The molecule has 12 heteroatoms. The zero-order valence-electron chi connectivity index (χ0n) is 26.6. The van der Waals surface area contributed by atoms with E-state index in [9.17, 15) is 8.42 Å². The highest BCUT2D eigenvalue weighted by molar-refractivity contribution is 7.86. The van der Waals surface area contributed by atoms with Gasteiger partial charge in [-0.05, 0) is 80.3 Å². The van der Waals surface area contributed by atoms with Crippen molar-refractivity contribution in [3.8, 4) is 23.2 Å². The summed E-state index contributed by atoms with van der Waals surface area (Å²) >= 11 is 0. The van der Waals surface area contributed by atoms with Gasteiger partial charge in [-0.3, -0.25) is 14.1 Å². The Balaban J connectivity index is 0.901. The number of hydrogen-bond donors (Lipinski definition) is 0. The van der Waals surface area contributed by atoms with Gasteiger partial charge in [-0.2, -0.15) is 8.42 Å². The summed E-state index contributed by atoms with van der Waals surface area (Å²) in [5, 5.41) is 4.29. The number of ether oxygens (including phenoxy) is 2. The number of hydrogen-bond acceptors (Lipinski definition) is 10. The molecule has 1 saturated carbocycles. The van der Waals surface area contributed by atoms with Crippen molar-refractivity contribution in [2.24, 2.45) is 17.8 Å². The van der Waals surface area contributed by atoms with E-state index >= 15 is 0 Å². The van der Waals surface area contributed by atoms with Gasteiger partial charge in [0.2, 0.25) is 0 Å². The molecule has 3 fully saturated rings. The summed E-state index contributed by atoms with van der Waals surface area (Å²) < 4.78 is 47.7. The van der Waals surface area contributed by atoms with Crippen LogP contribution in [-0.2, 0) is 36.9 Å². The molecule has 47 heavy (non-hydrogen) atoms. The number of imidazole rings is 1. The van der Waals surface area contributed by atoms with Crippen molar-refractivity contribution in [2.75, 3.05) is 32.6 Å². The monoisotopic (exact) mass is 657 g/mol. The first-order valence-electron chi connectivity index (χ1n) is 16.2. The van der Waals surface area contributed by atoms with Crippen molar-refractivity contribution in [2.45, 2.75) is 51.7 Å². The first-order valence-corrected chi connectivity index (χ1v) is 17.7. The molecule has 3 unspecified atom stereocenters. The number of nitrogens with zero attached hydrogens (tertiary/aromatic N) is 5. The van der Waals surface area contributed by atoms with Gasteiger partial charge >= 0.3 is 0 Å². The molecule has 1 aliphatic carbocycles. The van der Waals surface area contributed by atoms with E-state index in [1.165, 1.54) is 7.11 Å². The fraction of sp³-hybridized carbons (Fsp3) is 0.457. The van der Waals surface area contributed by atoms with Gasteiger partial charge in [-0.25, -0.2) is 4.98 Å². The third-order valence-corrected chi connectivity index (χ3v) is 10.6. The maximum Gasteiger partial charge on any atom is 0.267 e. The standard InChI is InChI=1S/C35H39N5O6S/c1-24(45-34-5-3-4-16-44-34)35-36-14-15-40(35)20-29-17-33(46-38-29)27-11-8-25(9-12-27)6-7-26-10-13-28(37-18-26)19-39-21-30-31(22-39)32(30)23-47(41,42)43-2/h8-15,17-18,24,30-32,34H,3-5,16,19-23H2,1-2H3/t24-,30?,31?,32?,34?/m0/s1. The van der Waals surface area contributed by atoms with Gasteiger partial charge < -0.3 is 18.6 Å². The Morgan fingerprint density at radius 3 is 2.51 bits per heavy atom. The van der Waals surface area contributed by atoms with E-state index in [1.54, 1.807) is 12.4 Å². The van der Waals surface area contributed by atoms with Gasteiger partial charge in [-0.15, -0.1) is 0 Å². The lowest BCUT2D eigenvalue weighted by Crippen LogP contribution is -2.26. The fourth-order valence-electron chi connectivity index (χ4n) is 6.72. The molecule has 1 aromatic carbocycles. The van der Waals surface area contributed by atoms with Crippen LogP contribution < -0.4 is 0 Å². The third kappa shape index (κ3) is 7.66. The van der Waals surface area contributed by atoms with Crippen molar-refractivity contribution in [3.05, 3.63) is 89.4 Å². The normalized spacial score (nSPS) is 23.2. The Hall–Kier alpha value is -3.86. The van der Waals surface area contributed by atoms with Gasteiger partial charge in [0.25, 0.3) is 10.1 Å². The second-order valence-corrected chi connectivity index (χ2v) is 14.4. The number of fused-ring (bicyclic) bond motifs is 1. The molecular weight excluding hydrogens is 618 g/mol. The molecule has 3 aliphatic rings. The lowest BCUT2D eigenvalue weighted by Gasteiger charge is -2.26. The SMILES string of the molecule is COS(=O)(=O)CC1C2CN(Cc3ccc(C#Cc4ccc(-c5cc(Cn6ccnc6[C@H](C)OC6CCCCO6)no5)cc4)cn3)CC21. The molecule has 0 spiro atoms. The van der Waals surface area contributed by atoms with E-state index in [4.69, 9.17) is 14.0 Å². The van der Waals surface area contributed by atoms with Crippen LogP contribution in [0.15, 0.2) is 65.6 Å². The van der Waals surface area contributed by atoms with Gasteiger partial charge in [0.1, 0.15) is 17.6 Å². The second-order valence-electron chi connectivity index (χ2n) is 12.6. The molecule has 0 radical (unpaired) electrons. The lowest BCUT2D eigenvalue weighted by atomic mass is 10.1. The van der Waals surface area contributed by atoms with Crippen LogP contribution in [0, 0.1) is 29.6 Å². The van der Waals surface area contributed by atoms with Crippen LogP contribution in [0.25, 0.3) is 11.3 Å². The average molecular weight is 658 g/mol. The van der Waals surface area contributed by atoms with Crippen molar-refractivity contribution in [3.63, 3.8) is 0 Å². The summed E-state index contributed by atoms with van der Waals surface area (Å²) in [6.45, 7) is 5.82. The van der Waals surface area contributed by atoms with E-state index in [-0.39, 0.29) is 24.1 Å². The molecule has 246 valence electrons. The quantitative estimate of drug-likeness (QED) is 0.167. The smallest absolute Gasteiger partial charge is 0.267 e. The van der Waals surface area contributed by atoms with E-state index in [1.807, 2.05) is 60.2 Å². The predicted octanol–water partition coefficient (Wildman–Crippen LogP) is 4.64. The largest absolute Gasteiger partial charge is 0.356 e. The Morgan fingerprint density at radius 1 is 1.00 bits per heavy atom. The summed E-state index contributed by atoms with van der Waals surface area (Å²) in [5.74, 6) is 9.16. The van der Waals surface area contributed by atoms with Crippen LogP contribution in [0.2, 0.25) is 0 Å². The molecular formula is C35H39N5O6S. The van der Waals surface area contributed by atoms with Crippen LogP contribution >= 0.6 is 0 Å². The Kier molecular flexibility index (Phi) is 9.25. The van der Waals surface area contributed by atoms with Gasteiger partial charge in [-0.1, -0.05) is 17.0 Å². The molecule has 7 rings (SSSR count). The highest BCUT2D eigenvalue weighted by atomic mass is 32.2. The molecule has 3 aromatic heterocycles. The van der Waals surface area contributed by atoms with Crippen molar-refractivity contribution in [1.29, 1.82) is 0 Å². The van der Waals surface area contributed by atoms with E-state index in [0.29, 0.717) is 24.1 Å². The summed E-state index contributed by atoms with van der Waals surface area (Å²) in [6, 6.07) is 13.8. The van der Waals surface area contributed by atoms with Crippen molar-refractivity contribution < 1.29 is 26.6 Å². The number of pyridine rings is 1. The van der Waals surface area contributed by atoms with Crippen LogP contribution in [0.4, 0.5) is 0 Å². The molecule has 2 saturated heterocycles. The lowest BCUT2D eigenvalue weighted by molar-refractivity contribution is -0.188. The first-order chi connectivity index (χ1) is 22.8. The zero-order valence-corrected chi connectivity index (χ0v) is 27.4. The zero-order chi connectivity index (χ0) is 32.4. The summed E-state index contributed by atoms with van der Waals surface area (Å²) in [6.07, 6.45) is 8.23. The van der Waals surface area contributed by atoms with Crippen LogP contribution in [-0.4, -0.2) is 71.9 Å².